The molecule has 3 aromatic rings. The Balaban J connectivity index is 1.71. The monoisotopic (exact) mass is 318 g/mol. The SMILES string of the molecule is C[C@@H](NC(=O)[C@H](N)Cc1ccccc1)c1cccc2ccccc12. The Morgan fingerprint density at radius 1 is 0.958 bits per heavy atom. The number of hydrogen-bond donors (Lipinski definition) is 2. The van der Waals surface area contributed by atoms with Gasteiger partial charge in [-0.1, -0.05) is 72.8 Å². The van der Waals surface area contributed by atoms with Crippen molar-refractivity contribution < 1.29 is 4.79 Å². The van der Waals surface area contributed by atoms with Gasteiger partial charge in [-0.15, -0.1) is 0 Å². The summed E-state index contributed by atoms with van der Waals surface area (Å²) in [4.78, 5) is 12.4. The highest BCUT2D eigenvalue weighted by Crippen LogP contribution is 2.24. The van der Waals surface area contributed by atoms with Crippen molar-refractivity contribution >= 4 is 16.7 Å². The number of carbonyl (C=O) groups excluding carboxylic acids is 1. The first-order chi connectivity index (χ1) is 11.6. The van der Waals surface area contributed by atoms with E-state index in [0.717, 1.165) is 16.5 Å². The van der Waals surface area contributed by atoms with Crippen molar-refractivity contribution in [2.45, 2.75) is 25.4 Å². The highest BCUT2D eigenvalue weighted by atomic mass is 16.2. The van der Waals surface area contributed by atoms with E-state index in [0.29, 0.717) is 6.42 Å². The van der Waals surface area contributed by atoms with Gasteiger partial charge in [0.05, 0.1) is 12.1 Å². The molecule has 0 aliphatic rings. The van der Waals surface area contributed by atoms with Crippen molar-refractivity contribution in [1.29, 1.82) is 0 Å². The number of rotatable bonds is 5. The summed E-state index contributed by atoms with van der Waals surface area (Å²) in [7, 11) is 0. The number of nitrogens with two attached hydrogens (primary N) is 1. The van der Waals surface area contributed by atoms with E-state index in [2.05, 4.69) is 29.6 Å². The maximum absolute atomic E-state index is 12.4. The molecular formula is C21H22N2O. The van der Waals surface area contributed by atoms with Crippen molar-refractivity contribution in [3.8, 4) is 0 Å². The normalized spacial score (nSPS) is 13.4. The molecule has 0 aliphatic heterocycles. The van der Waals surface area contributed by atoms with Crippen molar-refractivity contribution in [3.05, 3.63) is 83.9 Å². The predicted octanol–water partition coefficient (Wildman–Crippen LogP) is 3.59. The number of fused-ring (bicyclic) bond motifs is 1. The van der Waals surface area contributed by atoms with E-state index >= 15 is 0 Å². The molecule has 0 aliphatic carbocycles. The minimum absolute atomic E-state index is 0.0922. The Labute approximate surface area is 142 Å². The largest absolute Gasteiger partial charge is 0.348 e. The van der Waals surface area contributed by atoms with Crippen LogP contribution in [0, 0.1) is 0 Å². The molecule has 0 radical (unpaired) electrons. The number of amides is 1. The number of carbonyl (C=O) groups is 1. The molecule has 0 aromatic heterocycles. The average Bonchev–Trinajstić information content (AvgIpc) is 2.62. The molecule has 3 rings (SSSR count). The van der Waals surface area contributed by atoms with Crippen LogP contribution in [0.5, 0.6) is 0 Å². The van der Waals surface area contributed by atoms with Gasteiger partial charge < -0.3 is 11.1 Å². The van der Waals surface area contributed by atoms with Crippen LogP contribution >= 0.6 is 0 Å². The molecule has 3 nitrogen and oxygen atoms in total. The van der Waals surface area contributed by atoms with Crippen LogP contribution in [0.3, 0.4) is 0 Å². The van der Waals surface area contributed by atoms with Crippen molar-refractivity contribution in [1.82, 2.24) is 5.32 Å². The Morgan fingerprint density at radius 2 is 1.62 bits per heavy atom. The third-order valence-corrected chi connectivity index (χ3v) is 4.28. The Bertz CT molecular complexity index is 824. The zero-order valence-corrected chi connectivity index (χ0v) is 13.8. The molecule has 0 saturated carbocycles. The molecule has 122 valence electrons. The summed E-state index contributed by atoms with van der Waals surface area (Å²) in [5, 5.41) is 5.37. The summed E-state index contributed by atoms with van der Waals surface area (Å²) in [6, 6.07) is 23.5. The standard InChI is InChI=1S/C21H22N2O/c1-15(18-13-7-11-17-10-5-6-12-19(17)18)23-21(24)20(22)14-16-8-3-2-4-9-16/h2-13,15,20H,14,22H2,1H3,(H,23,24)/t15-,20-/m1/s1. The lowest BCUT2D eigenvalue weighted by molar-refractivity contribution is -0.123. The molecule has 0 bridgehead atoms. The van der Waals surface area contributed by atoms with Crippen LogP contribution in [0.4, 0.5) is 0 Å². The average molecular weight is 318 g/mol. The van der Waals surface area contributed by atoms with Crippen LogP contribution in [0.25, 0.3) is 10.8 Å². The third kappa shape index (κ3) is 3.63. The quantitative estimate of drug-likeness (QED) is 0.755. The Morgan fingerprint density at radius 3 is 2.42 bits per heavy atom. The van der Waals surface area contributed by atoms with Gasteiger partial charge in [0.25, 0.3) is 0 Å². The second-order valence-electron chi connectivity index (χ2n) is 6.09. The van der Waals surface area contributed by atoms with E-state index in [4.69, 9.17) is 5.73 Å². The topological polar surface area (TPSA) is 55.1 Å². The predicted molar refractivity (Wildman–Crippen MR) is 98.6 cm³/mol. The lowest BCUT2D eigenvalue weighted by atomic mass is 9.99. The van der Waals surface area contributed by atoms with Crippen LogP contribution in [-0.2, 0) is 11.2 Å². The fourth-order valence-corrected chi connectivity index (χ4v) is 2.99. The maximum Gasteiger partial charge on any atom is 0.237 e. The molecular weight excluding hydrogens is 296 g/mol. The summed E-state index contributed by atoms with van der Waals surface area (Å²) in [5.74, 6) is -0.126. The zero-order valence-electron chi connectivity index (χ0n) is 13.8. The van der Waals surface area contributed by atoms with Gasteiger partial charge >= 0.3 is 0 Å². The van der Waals surface area contributed by atoms with E-state index in [-0.39, 0.29) is 11.9 Å². The van der Waals surface area contributed by atoms with Gasteiger partial charge in [0.1, 0.15) is 0 Å². The molecule has 0 heterocycles. The highest BCUT2D eigenvalue weighted by Gasteiger charge is 2.18. The van der Waals surface area contributed by atoms with Crippen LogP contribution in [0.1, 0.15) is 24.1 Å². The van der Waals surface area contributed by atoms with Gasteiger partial charge in [-0.25, -0.2) is 0 Å². The highest BCUT2D eigenvalue weighted by molar-refractivity contribution is 5.87. The first-order valence-electron chi connectivity index (χ1n) is 8.22. The van der Waals surface area contributed by atoms with Crippen LogP contribution in [0.15, 0.2) is 72.8 Å². The summed E-state index contributed by atoms with van der Waals surface area (Å²) >= 11 is 0. The smallest absolute Gasteiger partial charge is 0.237 e. The van der Waals surface area contributed by atoms with Crippen molar-refractivity contribution in [3.63, 3.8) is 0 Å². The van der Waals surface area contributed by atoms with Crippen molar-refractivity contribution in [2.24, 2.45) is 5.73 Å². The summed E-state index contributed by atoms with van der Waals surface area (Å²) < 4.78 is 0. The fourth-order valence-electron chi connectivity index (χ4n) is 2.99. The second kappa shape index (κ2) is 7.28. The minimum Gasteiger partial charge on any atom is -0.348 e. The molecule has 2 atom stereocenters. The fraction of sp³-hybridized carbons (Fsp3) is 0.190. The first kappa shape index (κ1) is 16.2. The number of nitrogens with one attached hydrogen (secondary N) is 1. The van der Waals surface area contributed by atoms with Gasteiger partial charge in [-0.3, -0.25) is 4.79 Å². The molecule has 0 spiro atoms. The van der Waals surface area contributed by atoms with Crippen LogP contribution < -0.4 is 11.1 Å². The molecule has 3 N–H and O–H groups in total. The maximum atomic E-state index is 12.4. The van der Waals surface area contributed by atoms with E-state index < -0.39 is 6.04 Å². The van der Waals surface area contributed by atoms with Gasteiger partial charge in [-0.05, 0) is 35.2 Å². The third-order valence-electron chi connectivity index (χ3n) is 4.28. The molecule has 1 amide bonds. The minimum atomic E-state index is -0.551. The van der Waals surface area contributed by atoms with Gasteiger partial charge in [-0.2, -0.15) is 0 Å². The van der Waals surface area contributed by atoms with Gasteiger partial charge in [0.15, 0.2) is 0 Å². The lowest BCUT2D eigenvalue weighted by Crippen LogP contribution is -2.43. The molecule has 3 aromatic carbocycles. The summed E-state index contributed by atoms with van der Waals surface area (Å²) in [5.41, 5.74) is 8.25. The second-order valence-corrected chi connectivity index (χ2v) is 6.09. The summed E-state index contributed by atoms with van der Waals surface area (Å²) in [6.45, 7) is 1.99. The van der Waals surface area contributed by atoms with Crippen LogP contribution in [-0.4, -0.2) is 11.9 Å². The van der Waals surface area contributed by atoms with Gasteiger partial charge in [0.2, 0.25) is 5.91 Å². The van der Waals surface area contributed by atoms with Crippen LogP contribution in [0.2, 0.25) is 0 Å². The molecule has 3 heteroatoms. The molecule has 0 saturated heterocycles. The van der Waals surface area contributed by atoms with E-state index in [1.807, 2.05) is 55.5 Å². The van der Waals surface area contributed by atoms with E-state index in [1.54, 1.807) is 0 Å². The molecule has 24 heavy (non-hydrogen) atoms. The van der Waals surface area contributed by atoms with Gasteiger partial charge in [0, 0.05) is 0 Å². The van der Waals surface area contributed by atoms with Crippen molar-refractivity contribution in [2.75, 3.05) is 0 Å². The number of hydrogen-bond acceptors (Lipinski definition) is 2. The Kier molecular flexibility index (Phi) is 4.92. The lowest BCUT2D eigenvalue weighted by Gasteiger charge is -2.19. The summed E-state index contributed by atoms with van der Waals surface area (Å²) in [6.07, 6.45) is 0.537. The molecule has 0 fully saturated rings. The molecule has 0 unspecified atom stereocenters. The zero-order chi connectivity index (χ0) is 16.9. The number of benzene rings is 3. The van der Waals surface area contributed by atoms with E-state index in [1.165, 1.54) is 5.39 Å². The van der Waals surface area contributed by atoms with E-state index in [9.17, 15) is 4.79 Å². The Hall–Kier alpha value is -2.65. The first-order valence-corrected chi connectivity index (χ1v) is 8.22.